The van der Waals surface area contributed by atoms with Gasteiger partial charge in [-0.2, -0.15) is 23.5 Å². The Hall–Kier alpha value is -0.580. The largest absolute Gasteiger partial charge is 0.357 e. The number of thioether (sulfide) groups is 2. The number of fused-ring (bicyclic) bond motifs is 2. The van der Waals surface area contributed by atoms with E-state index in [2.05, 4.69) is 47.5 Å². The van der Waals surface area contributed by atoms with E-state index in [0.29, 0.717) is 12.0 Å². The fraction of sp³-hybridized carbons (Fsp3) is 0.619. The topological polar surface area (TPSA) is 19.0 Å². The Morgan fingerprint density at radius 2 is 2.12 bits per heavy atom. The highest BCUT2D eigenvalue weighted by molar-refractivity contribution is 7.98. The first-order valence-electron chi connectivity index (χ1n) is 9.61. The zero-order chi connectivity index (χ0) is 17.4. The van der Waals surface area contributed by atoms with Crippen LogP contribution in [-0.2, 0) is 12.2 Å². The zero-order valence-electron chi connectivity index (χ0n) is 15.7. The van der Waals surface area contributed by atoms with Crippen LogP contribution in [0.5, 0.6) is 0 Å². The number of H-pyrrole nitrogens is 1. The first kappa shape index (κ1) is 17.8. The molecule has 2 aromatic rings. The van der Waals surface area contributed by atoms with Crippen LogP contribution in [0.4, 0.5) is 0 Å². The maximum Gasteiger partial charge on any atom is 0.0462 e. The molecule has 1 aliphatic carbocycles. The number of nitrogens with one attached hydrogen (secondary N) is 1. The molecule has 1 aromatic carbocycles. The quantitative estimate of drug-likeness (QED) is 0.756. The van der Waals surface area contributed by atoms with Gasteiger partial charge in [-0.3, -0.25) is 4.90 Å². The molecule has 3 atom stereocenters. The van der Waals surface area contributed by atoms with Crippen molar-refractivity contribution in [3.05, 3.63) is 35.0 Å². The van der Waals surface area contributed by atoms with Crippen LogP contribution in [0, 0.1) is 5.92 Å². The minimum Gasteiger partial charge on any atom is -0.357 e. The number of hydrogen-bond donors (Lipinski definition) is 1. The van der Waals surface area contributed by atoms with E-state index in [1.165, 1.54) is 49.3 Å². The lowest BCUT2D eigenvalue weighted by Gasteiger charge is -2.47. The number of benzene rings is 1. The molecule has 0 amide bonds. The monoisotopic (exact) mass is 374 g/mol. The Kier molecular flexibility index (Phi) is 5.40. The standard InChI is InChI=1S/C21H30N2S2/c1-4-8-23-11-14(12-24-2)9-16-15-6-5-7-18-21(15)17(10-20(16)23)19(22-18)13-25-3/h5-7,14,16,20,22H,4,8-13H2,1-3H3/t14-,16?,20-/m1/s1. The van der Waals surface area contributed by atoms with Gasteiger partial charge in [0.15, 0.2) is 0 Å². The van der Waals surface area contributed by atoms with E-state index in [4.69, 9.17) is 0 Å². The molecule has 2 heterocycles. The van der Waals surface area contributed by atoms with Gasteiger partial charge in [0.1, 0.15) is 0 Å². The Morgan fingerprint density at radius 1 is 1.24 bits per heavy atom. The second kappa shape index (κ2) is 7.58. The summed E-state index contributed by atoms with van der Waals surface area (Å²) in [5.74, 6) is 3.96. The molecule has 0 bridgehead atoms. The Bertz CT molecular complexity index is 739. The molecule has 4 heteroatoms. The number of hydrogen-bond acceptors (Lipinski definition) is 3. The average molecular weight is 375 g/mol. The summed E-state index contributed by atoms with van der Waals surface area (Å²) in [5, 5.41) is 1.56. The highest BCUT2D eigenvalue weighted by Crippen LogP contribution is 2.46. The van der Waals surface area contributed by atoms with Crippen molar-refractivity contribution in [2.45, 2.75) is 43.9 Å². The number of likely N-dealkylation sites (tertiary alicyclic amines) is 1. The molecule has 136 valence electrons. The van der Waals surface area contributed by atoms with Crippen molar-refractivity contribution in [1.82, 2.24) is 9.88 Å². The molecule has 1 unspecified atom stereocenters. The average Bonchev–Trinajstić information content (AvgIpc) is 2.96. The Balaban J connectivity index is 1.78. The molecule has 0 radical (unpaired) electrons. The Labute approximate surface area is 160 Å². The van der Waals surface area contributed by atoms with Gasteiger partial charge in [-0.25, -0.2) is 0 Å². The molecule has 0 spiro atoms. The first-order valence-corrected chi connectivity index (χ1v) is 12.4. The van der Waals surface area contributed by atoms with Gasteiger partial charge in [-0.15, -0.1) is 0 Å². The van der Waals surface area contributed by atoms with E-state index in [1.807, 2.05) is 23.5 Å². The smallest absolute Gasteiger partial charge is 0.0462 e. The van der Waals surface area contributed by atoms with E-state index in [9.17, 15) is 0 Å². The lowest BCUT2D eigenvalue weighted by molar-refractivity contribution is 0.0925. The van der Waals surface area contributed by atoms with Crippen molar-refractivity contribution >= 4 is 34.4 Å². The number of nitrogens with zero attached hydrogens (tertiary/aromatic N) is 1. The van der Waals surface area contributed by atoms with Gasteiger partial charge in [0, 0.05) is 40.9 Å². The summed E-state index contributed by atoms with van der Waals surface area (Å²) >= 11 is 3.95. The van der Waals surface area contributed by atoms with Crippen LogP contribution in [0.1, 0.15) is 42.5 Å². The van der Waals surface area contributed by atoms with Gasteiger partial charge in [0.05, 0.1) is 0 Å². The van der Waals surface area contributed by atoms with E-state index in [0.717, 1.165) is 11.7 Å². The van der Waals surface area contributed by atoms with Gasteiger partial charge in [-0.1, -0.05) is 19.1 Å². The SMILES string of the molecule is CCCN1C[C@H](CSC)CC2c3cccc4[nH]c(CSC)c(c34)C[C@H]21. The highest BCUT2D eigenvalue weighted by atomic mass is 32.2. The van der Waals surface area contributed by atoms with Crippen LogP contribution in [0.25, 0.3) is 10.9 Å². The third kappa shape index (κ3) is 3.15. The molecular weight excluding hydrogens is 344 g/mol. The minimum atomic E-state index is 0.701. The van der Waals surface area contributed by atoms with Crippen molar-refractivity contribution < 1.29 is 0 Å². The number of rotatable bonds is 6. The van der Waals surface area contributed by atoms with Crippen LogP contribution in [0.3, 0.4) is 0 Å². The number of piperidine rings is 1. The lowest BCUT2D eigenvalue weighted by Crippen LogP contribution is -2.50. The normalized spacial score (nSPS) is 26.1. The molecule has 4 rings (SSSR count). The predicted molar refractivity (Wildman–Crippen MR) is 114 cm³/mol. The van der Waals surface area contributed by atoms with Crippen molar-refractivity contribution in [2.75, 3.05) is 31.4 Å². The van der Waals surface area contributed by atoms with Gasteiger partial charge >= 0.3 is 0 Å². The van der Waals surface area contributed by atoms with Crippen LogP contribution in [-0.4, -0.2) is 47.3 Å². The molecule has 1 aromatic heterocycles. The maximum atomic E-state index is 3.75. The van der Waals surface area contributed by atoms with E-state index >= 15 is 0 Å². The van der Waals surface area contributed by atoms with Gasteiger partial charge in [-0.05, 0) is 67.2 Å². The third-order valence-electron chi connectivity index (χ3n) is 6.08. The molecule has 2 nitrogen and oxygen atoms in total. The zero-order valence-corrected chi connectivity index (χ0v) is 17.3. The van der Waals surface area contributed by atoms with Crippen molar-refractivity contribution in [3.8, 4) is 0 Å². The number of aromatic amines is 1. The van der Waals surface area contributed by atoms with Crippen LogP contribution >= 0.6 is 23.5 Å². The predicted octanol–water partition coefficient (Wildman–Crippen LogP) is 5.13. The second-order valence-corrected chi connectivity index (χ2v) is 9.49. The van der Waals surface area contributed by atoms with Gasteiger partial charge in [0.25, 0.3) is 0 Å². The Morgan fingerprint density at radius 3 is 2.88 bits per heavy atom. The summed E-state index contributed by atoms with van der Waals surface area (Å²) < 4.78 is 0. The van der Waals surface area contributed by atoms with Crippen molar-refractivity contribution in [1.29, 1.82) is 0 Å². The number of aromatic nitrogens is 1. The van der Waals surface area contributed by atoms with Gasteiger partial charge in [0.2, 0.25) is 0 Å². The summed E-state index contributed by atoms with van der Waals surface area (Å²) in [5.41, 5.74) is 6.07. The molecule has 25 heavy (non-hydrogen) atoms. The maximum absolute atomic E-state index is 3.75. The summed E-state index contributed by atoms with van der Waals surface area (Å²) in [6.07, 6.45) is 8.34. The summed E-state index contributed by atoms with van der Waals surface area (Å²) in [4.78, 5) is 6.57. The summed E-state index contributed by atoms with van der Waals surface area (Å²) in [6, 6.07) is 7.67. The van der Waals surface area contributed by atoms with Crippen molar-refractivity contribution in [3.63, 3.8) is 0 Å². The third-order valence-corrected chi connectivity index (χ3v) is 7.46. The summed E-state index contributed by atoms with van der Waals surface area (Å²) in [6.45, 7) is 4.88. The summed E-state index contributed by atoms with van der Waals surface area (Å²) in [7, 11) is 0. The first-order chi connectivity index (χ1) is 12.3. The van der Waals surface area contributed by atoms with Gasteiger partial charge < -0.3 is 4.98 Å². The molecule has 1 fully saturated rings. The molecule has 1 aliphatic heterocycles. The second-order valence-electron chi connectivity index (χ2n) is 7.71. The highest BCUT2D eigenvalue weighted by Gasteiger charge is 2.40. The molecule has 0 saturated carbocycles. The molecule has 1 saturated heterocycles. The van der Waals surface area contributed by atoms with E-state index < -0.39 is 0 Å². The van der Waals surface area contributed by atoms with E-state index in [1.54, 1.807) is 16.5 Å². The van der Waals surface area contributed by atoms with Crippen LogP contribution < -0.4 is 0 Å². The molecule has 2 aliphatic rings. The van der Waals surface area contributed by atoms with Crippen molar-refractivity contribution in [2.24, 2.45) is 5.92 Å². The van der Waals surface area contributed by atoms with Crippen LogP contribution in [0.15, 0.2) is 18.2 Å². The van der Waals surface area contributed by atoms with Crippen LogP contribution in [0.2, 0.25) is 0 Å². The molecule has 1 N–H and O–H groups in total. The fourth-order valence-corrected chi connectivity index (χ4v) is 6.48. The van der Waals surface area contributed by atoms with E-state index in [-0.39, 0.29) is 0 Å². The molecular formula is C21H30N2S2. The fourth-order valence-electron chi connectivity index (χ4n) is 5.23. The lowest BCUT2D eigenvalue weighted by atomic mass is 9.72. The minimum absolute atomic E-state index is 0.701.